The quantitative estimate of drug-likeness (QED) is 0.0827. The molecular weight excluding hydrogens is 644 g/mol. The van der Waals surface area contributed by atoms with Crippen molar-refractivity contribution in [3.05, 3.63) is 47.4 Å². The van der Waals surface area contributed by atoms with Crippen molar-refractivity contribution < 1.29 is 62.0 Å². The number of rotatable bonds is 21. The topological polar surface area (TPSA) is 272 Å². The minimum absolute atomic E-state index is 0.140. The van der Waals surface area contributed by atoms with Gasteiger partial charge in [-0.15, -0.1) is 0 Å². The number of carboxylic acids is 3. The van der Waals surface area contributed by atoms with Gasteiger partial charge in [-0.3, -0.25) is 24.0 Å². The van der Waals surface area contributed by atoms with Crippen LogP contribution in [0.1, 0.15) is 45.1 Å². The van der Waals surface area contributed by atoms with Gasteiger partial charge in [-0.25, -0.2) is 13.2 Å². The summed E-state index contributed by atoms with van der Waals surface area (Å²) in [6, 6.07) is 4.41. The number of nitrogens with one attached hydrogen (secondary N) is 4. The number of sulfone groups is 1. The van der Waals surface area contributed by atoms with Crippen LogP contribution in [0.3, 0.4) is 0 Å². The van der Waals surface area contributed by atoms with Crippen molar-refractivity contribution in [3.8, 4) is 0 Å². The lowest BCUT2D eigenvalue weighted by Gasteiger charge is -2.31. The van der Waals surface area contributed by atoms with Gasteiger partial charge in [0.1, 0.15) is 24.5 Å². The van der Waals surface area contributed by atoms with E-state index >= 15 is 0 Å². The molecule has 1 rings (SSSR count). The van der Waals surface area contributed by atoms with Crippen molar-refractivity contribution in [2.24, 2.45) is 5.92 Å². The lowest BCUT2D eigenvalue weighted by atomic mass is 9.96. The Morgan fingerprint density at radius 3 is 2.09 bits per heavy atom. The van der Waals surface area contributed by atoms with Crippen LogP contribution in [-0.2, 0) is 49.9 Å². The van der Waals surface area contributed by atoms with Gasteiger partial charge in [0.05, 0.1) is 24.9 Å². The molecule has 47 heavy (non-hydrogen) atoms. The van der Waals surface area contributed by atoms with Crippen LogP contribution >= 0.6 is 0 Å². The standard InChI is InChI=1S/C29H40N4O13S/c1-18(2)25(27(42)31-20(13-23(37)38)11-12-47(3,44)45)32-26(41)21(9-10-22(35)36)30-16-29(17-34,14-24(39)40)33-28(43)46-15-19-7-5-4-6-8-19/h4-8,11-12,17-18,20-21,25,30H,9-10,13-16H2,1-3H3,(H,31,42)(H,32,41)(H,33,43)(H,35,36)(H,37,38)(H,39,40)/b12-11+/t20-,21?,25+,29-/m1/s1. The summed E-state index contributed by atoms with van der Waals surface area (Å²) < 4.78 is 28.1. The second kappa shape index (κ2) is 19.0. The first-order chi connectivity index (χ1) is 21.9. The minimum atomic E-state index is -3.67. The summed E-state index contributed by atoms with van der Waals surface area (Å²) in [6.45, 7) is 2.20. The van der Waals surface area contributed by atoms with Crippen LogP contribution in [0.25, 0.3) is 0 Å². The van der Waals surface area contributed by atoms with Crippen LogP contribution in [0.2, 0.25) is 0 Å². The molecule has 1 aromatic carbocycles. The summed E-state index contributed by atoms with van der Waals surface area (Å²) in [4.78, 5) is 85.4. The second-order valence-electron chi connectivity index (χ2n) is 11.0. The molecule has 7 N–H and O–H groups in total. The van der Waals surface area contributed by atoms with Crippen LogP contribution in [0.15, 0.2) is 41.8 Å². The van der Waals surface area contributed by atoms with Gasteiger partial charge in [-0.2, -0.15) is 0 Å². The van der Waals surface area contributed by atoms with E-state index in [1.54, 1.807) is 30.3 Å². The van der Waals surface area contributed by atoms with Crippen molar-refractivity contribution in [3.63, 3.8) is 0 Å². The van der Waals surface area contributed by atoms with Gasteiger partial charge in [0.15, 0.2) is 9.84 Å². The lowest BCUT2D eigenvalue weighted by Crippen LogP contribution is -2.61. The molecule has 17 nitrogen and oxygen atoms in total. The Labute approximate surface area is 271 Å². The van der Waals surface area contributed by atoms with Crippen molar-refractivity contribution in [1.82, 2.24) is 21.3 Å². The number of ether oxygens (including phenoxy) is 1. The van der Waals surface area contributed by atoms with E-state index in [0.717, 1.165) is 17.7 Å². The van der Waals surface area contributed by atoms with Crippen molar-refractivity contribution in [1.29, 1.82) is 0 Å². The Balaban J connectivity index is 3.18. The van der Waals surface area contributed by atoms with Gasteiger partial charge in [0, 0.05) is 24.6 Å². The second-order valence-corrected chi connectivity index (χ2v) is 12.9. The Hall–Kier alpha value is -4.84. The molecule has 0 saturated carbocycles. The van der Waals surface area contributed by atoms with E-state index in [0.29, 0.717) is 5.56 Å². The molecule has 0 aromatic heterocycles. The normalized spacial score (nSPS) is 14.6. The van der Waals surface area contributed by atoms with E-state index in [1.165, 1.54) is 13.8 Å². The number of hydrogen-bond donors (Lipinski definition) is 7. The average Bonchev–Trinajstić information content (AvgIpc) is 2.96. The van der Waals surface area contributed by atoms with E-state index in [2.05, 4.69) is 21.3 Å². The number of alkyl carbamates (subject to hydrolysis) is 1. The zero-order valence-electron chi connectivity index (χ0n) is 26.0. The number of aliphatic carboxylic acids is 3. The molecule has 0 aliphatic heterocycles. The summed E-state index contributed by atoms with van der Waals surface area (Å²) in [5, 5.41) is 38.2. The Kier molecular flexibility index (Phi) is 16.2. The fourth-order valence-corrected chi connectivity index (χ4v) is 4.52. The molecule has 1 unspecified atom stereocenters. The van der Waals surface area contributed by atoms with E-state index in [4.69, 9.17) is 4.74 Å². The molecular formula is C29H40N4O13S. The SMILES string of the molecule is CC(C)[C@H](NC(=O)C(CCC(=O)O)NC[C@@](C=O)(CC(=O)O)NC(=O)OCc1ccccc1)C(=O)N[C@H](/C=C/S(C)(=O)=O)CC(=O)O. The van der Waals surface area contributed by atoms with Crippen LogP contribution in [0.5, 0.6) is 0 Å². The maximum atomic E-state index is 13.4. The Morgan fingerprint density at radius 2 is 1.57 bits per heavy atom. The first kappa shape index (κ1) is 40.2. The van der Waals surface area contributed by atoms with E-state index in [-0.39, 0.29) is 12.9 Å². The molecule has 0 aliphatic carbocycles. The monoisotopic (exact) mass is 684 g/mol. The third-order valence-corrected chi connectivity index (χ3v) is 7.06. The molecule has 0 spiro atoms. The van der Waals surface area contributed by atoms with Crippen molar-refractivity contribution in [2.45, 2.75) is 69.8 Å². The Bertz CT molecular complexity index is 1420. The van der Waals surface area contributed by atoms with Gasteiger partial charge in [0.2, 0.25) is 11.8 Å². The summed E-state index contributed by atoms with van der Waals surface area (Å²) in [5.74, 6) is -6.59. The number of amides is 3. The van der Waals surface area contributed by atoms with Crippen LogP contribution in [0.4, 0.5) is 4.79 Å². The molecule has 0 saturated heterocycles. The van der Waals surface area contributed by atoms with Crippen molar-refractivity contribution in [2.75, 3.05) is 12.8 Å². The number of hydrogen-bond acceptors (Lipinski definition) is 11. The summed E-state index contributed by atoms with van der Waals surface area (Å²) in [7, 11) is -3.67. The highest BCUT2D eigenvalue weighted by molar-refractivity contribution is 7.93. The molecule has 18 heteroatoms. The molecule has 260 valence electrons. The van der Waals surface area contributed by atoms with Gasteiger partial charge < -0.3 is 46.1 Å². The largest absolute Gasteiger partial charge is 0.481 e. The van der Waals surface area contributed by atoms with E-state index < -0.39 is 107 Å². The summed E-state index contributed by atoms with van der Waals surface area (Å²) in [6.07, 6.45) is -1.76. The van der Waals surface area contributed by atoms with Gasteiger partial charge in [-0.05, 0) is 17.9 Å². The molecule has 0 aliphatic rings. The van der Waals surface area contributed by atoms with E-state index in [1.807, 2.05) is 0 Å². The molecule has 4 atom stereocenters. The number of carbonyl (C=O) groups excluding carboxylic acids is 4. The highest BCUT2D eigenvalue weighted by Gasteiger charge is 2.37. The van der Waals surface area contributed by atoms with Gasteiger partial charge in [0.25, 0.3) is 0 Å². The highest BCUT2D eigenvalue weighted by Crippen LogP contribution is 2.12. The lowest BCUT2D eigenvalue weighted by molar-refractivity contribution is -0.140. The fraction of sp³-hybridized carbons (Fsp3) is 0.483. The van der Waals surface area contributed by atoms with Crippen LogP contribution in [0, 0.1) is 5.92 Å². The zero-order valence-corrected chi connectivity index (χ0v) is 26.8. The fourth-order valence-electron chi connectivity index (χ4n) is 4.05. The maximum Gasteiger partial charge on any atom is 0.408 e. The first-order valence-corrected chi connectivity index (χ1v) is 16.1. The molecule has 3 amide bonds. The summed E-state index contributed by atoms with van der Waals surface area (Å²) in [5.41, 5.74) is -1.54. The number of benzene rings is 1. The maximum absolute atomic E-state index is 13.4. The Morgan fingerprint density at radius 1 is 0.936 bits per heavy atom. The van der Waals surface area contributed by atoms with Crippen LogP contribution < -0.4 is 21.3 Å². The van der Waals surface area contributed by atoms with Crippen molar-refractivity contribution >= 4 is 51.9 Å². The highest BCUT2D eigenvalue weighted by atomic mass is 32.2. The average molecular weight is 685 g/mol. The minimum Gasteiger partial charge on any atom is -0.481 e. The molecule has 0 fully saturated rings. The van der Waals surface area contributed by atoms with Gasteiger partial charge in [-0.1, -0.05) is 50.3 Å². The number of aldehydes is 1. The summed E-state index contributed by atoms with van der Waals surface area (Å²) >= 11 is 0. The third-order valence-electron chi connectivity index (χ3n) is 6.41. The first-order valence-electron chi connectivity index (χ1n) is 14.2. The number of carboxylic acid groups (broad SMARTS) is 3. The van der Waals surface area contributed by atoms with Gasteiger partial charge >= 0.3 is 24.0 Å². The smallest absolute Gasteiger partial charge is 0.408 e. The van der Waals surface area contributed by atoms with Crippen LogP contribution in [-0.4, -0.2) is 102 Å². The van der Waals surface area contributed by atoms with E-state index in [9.17, 15) is 57.3 Å². The molecule has 0 radical (unpaired) electrons. The molecule has 1 aromatic rings. The zero-order chi connectivity index (χ0) is 35.8. The predicted octanol–water partition coefficient (Wildman–Crippen LogP) is -0.193. The molecule has 0 heterocycles. The predicted molar refractivity (Wildman–Crippen MR) is 164 cm³/mol. The third kappa shape index (κ3) is 16.3. The number of carbonyl (C=O) groups is 7. The molecule has 0 bridgehead atoms.